The van der Waals surface area contributed by atoms with Crippen LogP contribution in [0.15, 0.2) is 38.0 Å². The number of rotatable bonds is 0. The summed E-state index contributed by atoms with van der Waals surface area (Å²) in [7, 11) is 0. The lowest BCUT2D eigenvalue weighted by molar-refractivity contribution is 0.572. The van der Waals surface area contributed by atoms with Crippen LogP contribution in [0.3, 0.4) is 0 Å². The SMILES string of the molecule is Brc1ccc2cocc2c1Br. The fourth-order valence-corrected chi connectivity index (χ4v) is 1.78. The van der Waals surface area contributed by atoms with E-state index in [9.17, 15) is 0 Å². The smallest absolute Gasteiger partial charge is 0.0993 e. The fourth-order valence-electron chi connectivity index (χ4n) is 0.979. The van der Waals surface area contributed by atoms with Crippen LogP contribution in [0, 0.1) is 0 Å². The standard InChI is InChI=1S/C8H4Br2O/c9-7-2-1-5-3-11-4-6(5)8(7)10/h1-4H. The van der Waals surface area contributed by atoms with Crippen molar-refractivity contribution in [3.63, 3.8) is 0 Å². The zero-order valence-corrected chi connectivity index (χ0v) is 8.65. The zero-order chi connectivity index (χ0) is 7.84. The van der Waals surface area contributed by atoms with E-state index in [2.05, 4.69) is 31.9 Å². The molecule has 0 amide bonds. The number of hydrogen-bond acceptors (Lipinski definition) is 1. The first kappa shape index (κ1) is 7.37. The normalized spacial score (nSPS) is 10.7. The van der Waals surface area contributed by atoms with Crippen molar-refractivity contribution in [1.29, 1.82) is 0 Å². The lowest BCUT2D eigenvalue weighted by Crippen LogP contribution is -1.69. The maximum atomic E-state index is 5.05. The number of benzene rings is 1. The van der Waals surface area contributed by atoms with Crippen LogP contribution in [0.2, 0.25) is 0 Å². The summed E-state index contributed by atoms with van der Waals surface area (Å²) >= 11 is 6.87. The minimum Gasteiger partial charge on any atom is -0.471 e. The first-order chi connectivity index (χ1) is 5.29. The van der Waals surface area contributed by atoms with Crippen molar-refractivity contribution in [2.75, 3.05) is 0 Å². The summed E-state index contributed by atoms with van der Waals surface area (Å²) < 4.78 is 7.14. The summed E-state index contributed by atoms with van der Waals surface area (Å²) in [5.74, 6) is 0. The van der Waals surface area contributed by atoms with E-state index in [0.29, 0.717) is 0 Å². The molecule has 11 heavy (non-hydrogen) atoms. The maximum absolute atomic E-state index is 5.05. The van der Waals surface area contributed by atoms with Crippen molar-refractivity contribution < 1.29 is 4.42 Å². The molecule has 0 aliphatic heterocycles. The number of hydrogen-bond donors (Lipinski definition) is 0. The molecule has 1 aromatic heterocycles. The van der Waals surface area contributed by atoms with Crippen LogP contribution in [-0.2, 0) is 0 Å². The van der Waals surface area contributed by atoms with Gasteiger partial charge in [0.05, 0.1) is 12.5 Å². The van der Waals surface area contributed by atoms with Crippen LogP contribution in [0.1, 0.15) is 0 Å². The highest BCUT2D eigenvalue weighted by molar-refractivity contribution is 9.13. The zero-order valence-electron chi connectivity index (χ0n) is 5.47. The molecule has 0 unspecified atom stereocenters. The van der Waals surface area contributed by atoms with Gasteiger partial charge in [0, 0.05) is 19.7 Å². The molecule has 56 valence electrons. The molecular formula is C8H4Br2O. The van der Waals surface area contributed by atoms with Crippen LogP contribution in [0.25, 0.3) is 10.8 Å². The Morgan fingerprint density at radius 1 is 1.09 bits per heavy atom. The largest absolute Gasteiger partial charge is 0.471 e. The van der Waals surface area contributed by atoms with E-state index in [1.54, 1.807) is 12.5 Å². The molecule has 0 saturated heterocycles. The van der Waals surface area contributed by atoms with Gasteiger partial charge >= 0.3 is 0 Å². The Bertz CT molecular complexity index is 392. The lowest BCUT2D eigenvalue weighted by atomic mass is 10.2. The minimum atomic E-state index is 1.05. The lowest BCUT2D eigenvalue weighted by Gasteiger charge is -1.94. The van der Waals surface area contributed by atoms with Crippen molar-refractivity contribution in [2.24, 2.45) is 0 Å². The predicted molar refractivity (Wildman–Crippen MR) is 51.6 cm³/mol. The molecule has 1 aromatic carbocycles. The number of fused-ring (bicyclic) bond motifs is 1. The van der Waals surface area contributed by atoms with Gasteiger partial charge in [-0.3, -0.25) is 0 Å². The van der Waals surface area contributed by atoms with E-state index in [1.807, 2.05) is 12.1 Å². The van der Waals surface area contributed by atoms with Crippen LogP contribution >= 0.6 is 31.9 Å². The van der Waals surface area contributed by atoms with E-state index >= 15 is 0 Å². The summed E-state index contributed by atoms with van der Waals surface area (Å²) in [4.78, 5) is 0. The molecule has 2 aromatic rings. The highest BCUT2D eigenvalue weighted by atomic mass is 79.9. The van der Waals surface area contributed by atoms with Gasteiger partial charge in [-0.1, -0.05) is 0 Å². The Hall–Kier alpha value is -0.280. The third-order valence-corrected chi connectivity index (χ3v) is 3.59. The maximum Gasteiger partial charge on any atom is 0.0993 e. The van der Waals surface area contributed by atoms with E-state index < -0.39 is 0 Å². The summed E-state index contributed by atoms with van der Waals surface area (Å²) in [6, 6.07) is 4.00. The van der Waals surface area contributed by atoms with Crippen molar-refractivity contribution in [3.05, 3.63) is 33.6 Å². The highest BCUT2D eigenvalue weighted by Gasteiger charge is 2.03. The summed E-state index contributed by atoms with van der Waals surface area (Å²) in [6.45, 7) is 0. The van der Waals surface area contributed by atoms with Gasteiger partial charge in [-0.2, -0.15) is 0 Å². The molecule has 0 bridgehead atoms. The molecule has 3 heteroatoms. The summed E-state index contributed by atoms with van der Waals surface area (Å²) in [6.07, 6.45) is 3.46. The molecule has 0 aliphatic carbocycles. The molecule has 0 spiro atoms. The van der Waals surface area contributed by atoms with Gasteiger partial charge in [0.25, 0.3) is 0 Å². The Kier molecular flexibility index (Phi) is 1.77. The molecule has 1 nitrogen and oxygen atoms in total. The van der Waals surface area contributed by atoms with Crippen LogP contribution in [-0.4, -0.2) is 0 Å². The molecule has 0 N–H and O–H groups in total. The van der Waals surface area contributed by atoms with E-state index in [0.717, 1.165) is 19.7 Å². The average molecular weight is 276 g/mol. The van der Waals surface area contributed by atoms with Crippen molar-refractivity contribution in [2.45, 2.75) is 0 Å². The van der Waals surface area contributed by atoms with Gasteiger partial charge in [-0.05, 0) is 44.0 Å². The van der Waals surface area contributed by atoms with Crippen LogP contribution in [0.5, 0.6) is 0 Å². The average Bonchev–Trinajstić information content (AvgIpc) is 2.45. The van der Waals surface area contributed by atoms with E-state index in [1.165, 1.54) is 0 Å². The Morgan fingerprint density at radius 3 is 2.73 bits per heavy atom. The van der Waals surface area contributed by atoms with Crippen molar-refractivity contribution in [1.82, 2.24) is 0 Å². The molecule has 0 aliphatic rings. The molecule has 2 rings (SSSR count). The summed E-state index contributed by atoms with van der Waals surface area (Å²) in [5, 5.41) is 2.21. The number of halogens is 2. The van der Waals surface area contributed by atoms with Gasteiger partial charge in [0.15, 0.2) is 0 Å². The van der Waals surface area contributed by atoms with Crippen molar-refractivity contribution in [3.8, 4) is 0 Å². The first-order valence-corrected chi connectivity index (χ1v) is 4.67. The molecule has 0 radical (unpaired) electrons. The fraction of sp³-hybridized carbons (Fsp3) is 0. The molecule has 0 saturated carbocycles. The monoisotopic (exact) mass is 274 g/mol. The Labute approximate surface area is 80.6 Å². The Morgan fingerprint density at radius 2 is 1.91 bits per heavy atom. The Balaban J connectivity index is 2.93. The second-order valence-electron chi connectivity index (χ2n) is 2.24. The number of furan rings is 1. The van der Waals surface area contributed by atoms with Gasteiger partial charge in [-0.15, -0.1) is 0 Å². The van der Waals surface area contributed by atoms with E-state index in [-0.39, 0.29) is 0 Å². The summed E-state index contributed by atoms with van der Waals surface area (Å²) in [5.41, 5.74) is 0. The van der Waals surface area contributed by atoms with Crippen LogP contribution < -0.4 is 0 Å². The molecular weight excluding hydrogens is 272 g/mol. The second kappa shape index (κ2) is 2.64. The second-order valence-corrected chi connectivity index (χ2v) is 3.88. The third kappa shape index (κ3) is 1.12. The van der Waals surface area contributed by atoms with Gasteiger partial charge in [-0.25, -0.2) is 0 Å². The third-order valence-electron chi connectivity index (χ3n) is 1.55. The van der Waals surface area contributed by atoms with Gasteiger partial charge < -0.3 is 4.42 Å². The quantitative estimate of drug-likeness (QED) is 0.709. The molecule has 1 heterocycles. The van der Waals surface area contributed by atoms with E-state index in [4.69, 9.17) is 4.42 Å². The van der Waals surface area contributed by atoms with Crippen molar-refractivity contribution >= 4 is 42.6 Å². The van der Waals surface area contributed by atoms with Crippen LogP contribution in [0.4, 0.5) is 0 Å². The first-order valence-electron chi connectivity index (χ1n) is 3.09. The van der Waals surface area contributed by atoms with Gasteiger partial charge in [0.2, 0.25) is 0 Å². The minimum absolute atomic E-state index is 1.05. The topological polar surface area (TPSA) is 13.1 Å². The molecule has 0 atom stereocenters. The predicted octanol–water partition coefficient (Wildman–Crippen LogP) is 3.96. The molecule has 0 fully saturated rings. The van der Waals surface area contributed by atoms with Gasteiger partial charge in [0.1, 0.15) is 0 Å². The highest BCUT2D eigenvalue weighted by Crippen LogP contribution is 2.31.